The van der Waals surface area contributed by atoms with Gasteiger partial charge in [-0.25, -0.2) is 0 Å². The zero-order valence-electron chi connectivity index (χ0n) is 5.54. The van der Waals surface area contributed by atoms with Crippen LogP contribution in [0.2, 0.25) is 0 Å². The van der Waals surface area contributed by atoms with Crippen molar-refractivity contribution >= 4 is 23.5 Å². The van der Waals surface area contributed by atoms with E-state index in [1.165, 1.54) is 11.5 Å². The van der Waals surface area contributed by atoms with Crippen LogP contribution in [0.3, 0.4) is 0 Å². The SMILES string of the molecule is CC(O)CSC1CSC1. The summed E-state index contributed by atoms with van der Waals surface area (Å²) in [6.45, 7) is 1.85. The fourth-order valence-corrected chi connectivity index (χ4v) is 2.91. The minimum absolute atomic E-state index is 0.124. The van der Waals surface area contributed by atoms with Gasteiger partial charge in [-0.2, -0.15) is 23.5 Å². The van der Waals surface area contributed by atoms with Gasteiger partial charge < -0.3 is 5.11 Å². The van der Waals surface area contributed by atoms with Crippen LogP contribution in [0.4, 0.5) is 0 Å². The first-order valence-electron chi connectivity index (χ1n) is 3.16. The largest absolute Gasteiger partial charge is 0.393 e. The van der Waals surface area contributed by atoms with Crippen LogP contribution in [0.15, 0.2) is 0 Å². The van der Waals surface area contributed by atoms with Crippen LogP contribution in [0.5, 0.6) is 0 Å². The number of rotatable bonds is 3. The van der Waals surface area contributed by atoms with Crippen LogP contribution in [0.25, 0.3) is 0 Å². The highest BCUT2D eigenvalue weighted by Gasteiger charge is 2.18. The van der Waals surface area contributed by atoms with E-state index in [2.05, 4.69) is 0 Å². The van der Waals surface area contributed by atoms with Crippen LogP contribution in [0, 0.1) is 0 Å². The van der Waals surface area contributed by atoms with E-state index in [9.17, 15) is 0 Å². The van der Waals surface area contributed by atoms with Gasteiger partial charge in [-0.3, -0.25) is 0 Å². The molecule has 0 aromatic rings. The van der Waals surface area contributed by atoms with Crippen LogP contribution in [-0.2, 0) is 0 Å². The molecule has 1 saturated heterocycles. The molecule has 0 spiro atoms. The molecular formula is C6H12OS2. The summed E-state index contributed by atoms with van der Waals surface area (Å²) in [6.07, 6.45) is -0.124. The summed E-state index contributed by atoms with van der Waals surface area (Å²) in [4.78, 5) is 0. The Morgan fingerprint density at radius 2 is 2.44 bits per heavy atom. The Labute approximate surface area is 64.6 Å². The zero-order valence-corrected chi connectivity index (χ0v) is 7.17. The Kier molecular flexibility index (Phi) is 3.22. The average molecular weight is 164 g/mol. The molecule has 1 rings (SSSR count). The Bertz CT molecular complexity index is 81.1. The maximum absolute atomic E-state index is 8.89. The second-order valence-corrected chi connectivity index (χ2v) is 4.75. The van der Waals surface area contributed by atoms with E-state index >= 15 is 0 Å². The molecule has 1 unspecified atom stereocenters. The van der Waals surface area contributed by atoms with Gasteiger partial charge in [0.15, 0.2) is 0 Å². The maximum Gasteiger partial charge on any atom is 0.0602 e. The Morgan fingerprint density at radius 1 is 1.78 bits per heavy atom. The third-order valence-corrected chi connectivity index (χ3v) is 4.36. The molecule has 0 amide bonds. The van der Waals surface area contributed by atoms with Crippen LogP contribution < -0.4 is 0 Å². The van der Waals surface area contributed by atoms with Gasteiger partial charge in [-0.15, -0.1) is 0 Å². The zero-order chi connectivity index (χ0) is 6.69. The molecule has 0 saturated carbocycles. The van der Waals surface area contributed by atoms with Gasteiger partial charge in [0.05, 0.1) is 6.10 Å². The number of thioether (sulfide) groups is 2. The van der Waals surface area contributed by atoms with E-state index in [1.54, 1.807) is 0 Å². The monoisotopic (exact) mass is 164 g/mol. The molecule has 0 aliphatic carbocycles. The lowest BCUT2D eigenvalue weighted by molar-refractivity contribution is 0.220. The molecule has 0 bridgehead atoms. The quantitative estimate of drug-likeness (QED) is 0.677. The Morgan fingerprint density at radius 3 is 2.78 bits per heavy atom. The lowest BCUT2D eigenvalue weighted by Gasteiger charge is -2.24. The molecular weight excluding hydrogens is 152 g/mol. The summed E-state index contributed by atoms with van der Waals surface area (Å²) >= 11 is 3.89. The number of aliphatic hydroxyl groups excluding tert-OH is 1. The molecule has 9 heavy (non-hydrogen) atoms. The van der Waals surface area contributed by atoms with Gasteiger partial charge in [0, 0.05) is 22.5 Å². The number of aliphatic hydroxyl groups is 1. The lowest BCUT2D eigenvalue weighted by atomic mass is 10.5. The molecule has 1 aliphatic rings. The van der Waals surface area contributed by atoms with Crippen molar-refractivity contribution in [3.8, 4) is 0 Å². The van der Waals surface area contributed by atoms with E-state index < -0.39 is 0 Å². The van der Waals surface area contributed by atoms with E-state index in [0.29, 0.717) is 0 Å². The highest BCUT2D eigenvalue weighted by Crippen LogP contribution is 2.29. The molecule has 1 aliphatic heterocycles. The van der Waals surface area contributed by atoms with E-state index in [1.807, 2.05) is 30.4 Å². The average Bonchev–Trinajstić information content (AvgIpc) is 1.60. The minimum Gasteiger partial charge on any atom is -0.393 e. The molecule has 1 nitrogen and oxygen atoms in total. The Hall–Kier alpha value is 0.660. The predicted octanol–water partition coefficient (Wildman–Crippen LogP) is 1.22. The van der Waals surface area contributed by atoms with Crippen molar-refractivity contribution in [3.05, 3.63) is 0 Å². The second-order valence-electron chi connectivity index (χ2n) is 2.34. The van der Waals surface area contributed by atoms with Crippen molar-refractivity contribution in [1.82, 2.24) is 0 Å². The summed E-state index contributed by atoms with van der Waals surface area (Å²) in [5.41, 5.74) is 0. The third-order valence-electron chi connectivity index (χ3n) is 1.18. The first-order valence-corrected chi connectivity index (χ1v) is 5.37. The summed E-state index contributed by atoms with van der Waals surface area (Å²) < 4.78 is 0. The van der Waals surface area contributed by atoms with Crippen LogP contribution >= 0.6 is 23.5 Å². The van der Waals surface area contributed by atoms with Gasteiger partial charge in [-0.05, 0) is 6.92 Å². The summed E-state index contributed by atoms with van der Waals surface area (Å²) in [5, 5.41) is 9.73. The summed E-state index contributed by atoms with van der Waals surface area (Å²) in [5.74, 6) is 3.49. The number of hydrogen-bond donors (Lipinski definition) is 1. The van der Waals surface area contributed by atoms with Gasteiger partial charge in [-0.1, -0.05) is 0 Å². The van der Waals surface area contributed by atoms with Crippen LogP contribution in [0.1, 0.15) is 6.92 Å². The van der Waals surface area contributed by atoms with Gasteiger partial charge in [0.25, 0.3) is 0 Å². The smallest absolute Gasteiger partial charge is 0.0602 e. The van der Waals surface area contributed by atoms with Crippen LogP contribution in [-0.4, -0.2) is 33.7 Å². The maximum atomic E-state index is 8.89. The third kappa shape index (κ3) is 2.83. The van der Waals surface area contributed by atoms with Gasteiger partial charge in [0.2, 0.25) is 0 Å². The standard InChI is InChI=1S/C6H12OS2/c1-5(7)2-9-6-3-8-4-6/h5-7H,2-4H2,1H3. The molecule has 1 heterocycles. The fourth-order valence-electron chi connectivity index (χ4n) is 0.586. The predicted molar refractivity (Wildman–Crippen MR) is 45.3 cm³/mol. The van der Waals surface area contributed by atoms with Crippen molar-refractivity contribution < 1.29 is 5.11 Å². The summed E-state index contributed by atoms with van der Waals surface area (Å²) in [7, 11) is 0. The molecule has 0 radical (unpaired) electrons. The topological polar surface area (TPSA) is 20.2 Å². The second kappa shape index (κ2) is 3.74. The first kappa shape index (κ1) is 7.76. The van der Waals surface area contributed by atoms with E-state index in [0.717, 1.165) is 11.0 Å². The molecule has 3 heteroatoms. The lowest BCUT2D eigenvalue weighted by Crippen LogP contribution is -2.22. The Balaban J connectivity index is 1.91. The molecule has 54 valence electrons. The van der Waals surface area contributed by atoms with Gasteiger partial charge in [0.1, 0.15) is 0 Å². The molecule has 0 aromatic carbocycles. The normalized spacial score (nSPS) is 23.3. The molecule has 1 N–H and O–H groups in total. The van der Waals surface area contributed by atoms with Gasteiger partial charge >= 0.3 is 0 Å². The van der Waals surface area contributed by atoms with Crippen molar-refractivity contribution in [2.75, 3.05) is 17.3 Å². The number of hydrogen-bond acceptors (Lipinski definition) is 3. The van der Waals surface area contributed by atoms with Crippen molar-refractivity contribution in [2.45, 2.75) is 18.3 Å². The van der Waals surface area contributed by atoms with E-state index in [4.69, 9.17) is 5.11 Å². The summed E-state index contributed by atoms with van der Waals surface area (Å²) in [6, 6.07) is 0. The van der Waals surface area contributed by atoms with E-state index in [-0.39, 0.29) is 6.10 Å². The van der Waals surface area contributed by atoms with Crippen molar-refractivity contribution in [2.24, 2.45) is 0 Å². The fraction of sp³-hybridized carbons (Fsp3) is 1.00. The first-order chi connectivity index (χ1) is 4.29. The van der Waals surface area contributed by atoms with Crippen molar-refractivity contribution in [3.63, 3.8) is 0 Å². The van der Waals surface area contributed by atoms with Crippen molar-refractivity contribution in [1.29, 1.82) is 0 Å². The highest BCUT2D eigenvalue weighted by atomic mass is 32.2. The highest BCUT2D eigenvalue weighted by molar-refractivity contribution is 8.07. The molecule has 1 fully saturated rings. The minimum atomic E-state index is -0.124. The molecule has 1 atom stereocenters. The molecule has 0 aromatic heterocycles.